The van der Waals surface area contributed by atoms with Crippen molar-refractivity contribution in [2.24, 2.45) is 0 Å². The number of hydrogen-bond donors (Lipinski definition) is 2. The van der Waals surface area contributed by atoms with Gasteiger partial charge in [0.05, 0.1) is 5.69 Å². The smallest absolute Gasteiger partial charge is 0.422 e. The lowest BCUT2D eigenvalue weighted by atomic mass is 10.1. The quantitative estimate of drug-likeness (QED) is 0.764. The number of rotatable bonds is 6. The average Bonchev–Trinajstić information content (AvgIpc) is 2.59. The van der Waals surface area contributed by atoms with Crippen molar-refractivity contribution < 1.29 is 27.5 Å². The number of ether oxygens (including phenoxy) is 1. The zero-order valence-corrected chi connectivity index (χ0v) is 14.9. The number of anilines is 1. The van der Waals surface area contributed by atoms with Crippen LogP contribution in [0.5, 0.6) is 5.75 Å². The van der Waals surface area contributed by atoms with Gasteiger partial charge in [0.25, 0.3) is 5.91 Å². The first-order valence-electron chi connectivity index (χ1n) is 7.78. The van der Waals surface area contributed by atoms with Gasteiger partial charge in [0.1, 0.15) is 5.75 Å². The van der Waals surface area contributed by atoms with Gasteiger partial charge in [0, 0.05) is 24.1 Å². The molecule has 9 heteroatoms. The summed E-state index contributed by atoms with van der Waals surface area (Å²) < 4.78 is 41.8. The second-order valence-electron chi connectivity index (χ2n) is 5.61. The van der Waals surface area contributed by atoms with Crippen LogP contribution in [0.25, 0.3) is 0 Å². The van der Waals surface area contributed by atoms with Crippen molar-refractivity contribution in [2.45, 2.75) is 19.6 Å². The molecule has 0 atom stereocenters. The van der Waals surface area contributed by atoms with Gasteiger partial charge < -0.3 is 15.4 Å². The molecule has 0 aromatic heterocycles. The molecule has 0 fully saturated rings. The van der Waals surface area contributed by atoms with E-state index >= 15 is 0 Å². The Hall–Kier alpha value is -2.74. The van der Waals surface area contributed by atoms with Gasteiger partial charge in [-0.25, -0.2) is 0 Å². The third kappa shape index (κ3) is 6.82. The number of hydrogen-bond acceptors (Lipinski definition) is 3. The SMILES string of the molecule is CC(=O)NCc1ccc(C(=O)Nc2cc(Cl)ccc2OCC(F)(F)F)cc1. The molecule has 2 aromatic rings. The summed E-state index contributed by atoms with van der Waals surface area (Å²) in [6.07, 6.45) is -4.51. The molecule has 0 aliphatic heterocycles. The van der Waals surface area contributed by atoms with Gasteiger partial charge in [-0.05, 0) is 35.9 Å². The summed E-state index contributed by atoms with van der Waals surface area (Å²) in [6, 6.07) is 10.3. The maximum Gasteiger partial charge on any atom is 0.422 e. The van der Waals surface area contributed by atoms with E-state index in [9.17, 15) is 22.8 Å². The van der Waals surface area contributed by atoms with E-state index in [-0.39, 0.29) is 27.9 Å². The van der Waals surface area contributed by atoms with Crippen LogP contribution >= 0.6 is 11.6 Å². The topological polar surface area (TPSA) is 67.4 Å². The van der Waals surface area contributed by atoms with Gasteiger partial charge in [-0.1, -0.05) is 23.7 Å². The highest BCUT2D eigenvalue weighted by Crippen LogP contribution is 2.30. The number of amides is 2. The van der Waals surface area contributed by atoms with Crippen molar-refractivity contribution in [1.82, 2.24) is 5.32 Å². The molecule has 2 amide bonds. The van der Waals surface area contributed by atoms with Crippen LogP contribution in [0.1, 0.15) is 22.8 Å². The summed E-state index contributed by atoms with van der Waals surface area (Å²) >= 11 is 5.85. The summed E-state index contributed by atoms with van der Waals surface area (Å²) in [5.41, 5.74) is 1.10. The summed E-state index contributed by atoms with van der Waals surface area (Å²) in [6.45, 7) is 0.224. The first-order valence-corrected chi connectivity index (χ1v) is 8.16. The first kappa shape index (κ1) is 20.6. The summed E-state index contributed by atoms with van der Waals surface area (Å²) in [5, 5.41) is 5.35. The van der Waals surface area contributed by atoms with Crippen LogP contribution in [0, 0.1) is 0 Å². The number of benzene rings is 2. The summed E-state index contributed by atoms with van der Waals surface area (Å²) in [7, 11) is 0. The second kappa shape index (κ2) is 8.77. The predicted molar refractivity (Wildman–Crippen MR) is 94.9 cm³/mol. The van der Waals surface area contributed by atoms with E-state index in [1.807, 2.05) is 0 Å². The number of alkyl halides is 3. The lowest BCUT2D eigenvalue weighted by Gasteiger charge is -2.14. The maximum absolute atomic E-state index is 12.4. The van der Waals surface area contributed by atoms with Crippen LogP contribution in [0.2, 0.25) is 5.02 Å². The molecule has 0 aliphatic carbocycles. The Morgan fingerprint density at radius 1 is 1.11 bits per heavy atom. The molecular weight excluding hydrogens is 385 g/mol. The first-order chi connectivity index (χ1) is 12.6. The molecule has 0 bridgehead atoms. The molecule has 0 unspecified atom stereocenters. The average molecular weight is 401 g/mol. The third-order valence-electron chi connectivity index (χ3n) is 3.34. The Balaban J connectivity index is 2.10. The van der Waals surface area contributed by atoms with Gasteiger partial charge in [-0.2, -0.15) is 13.2 Å². The third-order valence-corrected chi connectivity index (χ3v) is 3.57. The van der Waals surface area contributed by atoms with Crippen molar-refractivity contribution in [3.63, 3.8) is 0 Å². The zero-order chi connectivity index (χ0) is 20.0. The monoisotopic (exact) mass is 400 g/mol. The normalized spacial score (nSPS) is 11.0. The molecule has 27 heavy (non-hydrogen) atoms. The summed E-state index contributed by atoms with van der Waals surface area (Å²) in [4.78, 5) is 23.3. The van der Waals surface area contributed by atoms with Crippen LogP contribution < -0.4 is 15.4 Å². The minimum Gasteiger partial charge on any atom is -0.482 e. The molecule has 0 heterocycles. The number of carbonyl (C=O) groups is 2. The molecule has 2 aromatic carbocycles. The van der Waals surface area contributed by atoms with E-state index in [0.29, 0.717) is 6.54 Å². The molecular formula is C18H16ClF3N2O3. The number of halogens is 4. The zero-order valence-electron chi connectivity index (χ0n) is 14.2. The van der Waals surface area contributed by atoms with Crippen molar-refractivity contribution in [2.75, 3.05) is 11.9 Å². The van der Waals surface area contributed by atoms with Crippen molar-refractivity contribution in [3.05, 3.63) is 58.6 Å². The number of carbonyl (C=O) groups excluding carboxylic acids is 2. The summed E-state index contributed by atoms with van der Waals surface area (Å²) in [5.74, 6) is -0.864. The van der Waals surface area contributed by atoms with E-state index in [2.05, 4.69) is 10.6 Å². The number of nitrogens with one attached hydrogen (secondary N) is 2. The van der Waals surface area contributed by atoms with Crippen LogP contribution in [0.4, 0.5) is 18.9 Å². The van der Waals surface area contributed by atoms with Gasteiger partial charge in [0.15, 0.2) is 6.61 Å². The second-order valence-corrected chi connectivity index (χ2v) is 6.04. The lowest BCUT2D eigenvalue weighted by molar-refractivity contribution is -0.153. The Morgan fingerprint density at radius 3 is 2.37 bits per heavy atom. The van der Waals surface area contributed by atoms with E-state index in [1.54, 1.807) is 12.1 Å². The Bertz CT molecular complexity index is 824. The molecule has 0 radical (unpaired) electrons. The minimum absolute atomic E-state index is 0.0269. The molecule has 2 rings (SSSR count). The predicted octanol–water partition coefficient (Wildman–Crippen LogP) is 4.17. The molecule has 0 saturated heterocycles. The molecule has 0 spiro atoms. The fourth-order valence-corrected chi connectivity index (χ4v) is 2.25. The van der Waals surface area contributed by atoms with E-state index < -0.39 is 18.7 Å². The van der Waals surface area contributed by atoms with Gasteiger partial charge in [-0.15, -0.1) is 0 Å². The lowest BCUT2D eigenvalue weighted by Crippen LogP contribution is -2.20. The van der Waals surface area contributed by atoms with Crippen molar-refractivity contribution in [3.8, 4) is 5.75 Å². The van der Waals surface area contributed by atoms with Gasteiger partial charge in [0.2, 0.25) is 5.91 Å². The highest BCUT2D eigenvalue weighted by atomic mass is 35.5. The van der Waals surface area contributed by atoms with Gasteiger partial charge >= 0.3 is 6.18 Å². The van der Waals surface area contributed by atoms with Crippen LogP contribution in [0.15, 0.2) is 42.5 Å². The molecule has 144 valence electrons. The van der Waals surface area contributed by atoms with E-state index in [1.165, 1.54) is 37.3 Å². The largest absolute Gasteiger partial charge is 0.482 e. The fraction of sp³-hybridized carbons (Fsp3) is 0.222. The van der Waals surface area contributed by atoms with E-state index in [4.69, 9.17) is 16.3 Å². The highest BCUT2D eigenvalue weighted by molar-refractivity contribution is 6.31. The standard InChI is InChI=1S/C18H16ClF3N2O3/c1-11(25)23-9-12-2-4-13(5-3-12)17(26)24-15-8-14(19)6-7-16(15)27-10-18(20,21)22/h2-8H,9-10H2,1H3,(H,23,25)(H,24,26). The molecule has 5 nitrogen and oxygen atoms in total. The van der Waals surface area contributed by atoms with E-state index in [0.717, 1.165) is 5.56 Å². The Labute approximate surface area is 158 Å². The van der Waals surface area contributed by atoms with Crippen molar-refractivity contribution in [1.29, 1.82) is 0 Å². The van der Waals surface area contributed by atoms with Crippen LogP contribution in [0.3, 0.4) is 0 Å². The fourth-order valence-electron chi connectivity index (χ4n) is 2.08. The Morgan fingerprint density at radius 2 is 1.78 bits per heavy atom. The maximum atomic E-state index is 12.4. The minimum atomic E-state index is -4.51. The molecule has 2 N–H and O–H groups in total. The van der Waals surface area contributed by atoms with Crippen LogP contribution in [-0.2, 0) is 11.3 Å². The van der Waals surface area contributed by atoms with Crippen molar-refractivity contribution >= 4 is 29.1 Å². The highest BCUT2D eigenvalue weighted by Gasteiger charge is 2.29. The van der Waals surface area contributed by atoms with Crippen LogP contribution in [-0.4, -0.2) is 24.6 Å². The Kier molecular flexibility index (Phi) is 6.68. The molecule has 0 saturated carbocycles. The van der Waals surface area contributed by atoms with Gasteiger partial charge in [-0.3, -0.25) is 9.59 Å². The molecule has 0 aliphatic rings.